The van der Waals surface area contributed by atoms with E-state index in [1.54, 1.807) is 10.8 Å². The van der Waals surface area contributed by atoms with Crippen LogP contribution in [0.3, 0.4) is 0 Å². The molecule has 0 saturated heterocycles. The minimum atomic E-state index is -0.491. The van der Waals surface area contributed by atoms with E-state index in [9.17, 15) is 4.79 Å². The predicted octanol–water partition coefficient (Wildman–Crippen LogP) is 0.874. The summed E-state index contributed by atoms with van der Waals surface area (Å²) in [5.41, 5.74) is 5.69. The van der Waals surface area contributed by atoms with Gasteiger partial charge in [0.2, 0.25) is 0 Å². The fourth-order valence-corrected chi connectivity index (χ4v) is 1.43. The van der Waals surface area contributed by atoms with Gasteiger partial charge in [-0.3, -0.25) is 4.79 Å². The zero-order chi connectivity index (χ0) is 12.1. The van der Waals surface area contributed by atoms with Gasteiger partial charge < -0.3 is 5.73 Å². The number of ketones is 1. The zero-order valence-corrected chi connectivity index (χ0v) is 9.76. The first-order chi connectivity index (χ1) is 7.56. The Kier molecular flexibility index (Phi) is 4.37. The molecule has 0 spiro atoms. The Hall–Kier alpha value is -1.49. The lowest BCUT2D eigenvalue weighted by Crippen LogP contribution is -2.32. The Labute approximate surface area is 95.4 Å². The molecule has 1 rings (SSSR count). The van der Waals surface area contributed by atoms with Gasteiger partial charge in [0.25, 0.3) is 0 Å². The van der Waals surface area contributed by atoms with E-state index >= 15 is 0 Å². The third kappa shape index (κ3) is 3.00. The Bertz CT molecular complexity index is 370. The van der Waals surface area contributed by atoms with Gasteiger partial charge in [-0.2, -0.15) is 5.10 Å². The lowest BCUT2D eigenvalue weighted by atomic mass is 10.1. The van der Waals surface area contributed by atoms with Crippen LogP contribution >= 0.6 is 0 Å². The van der Waals surface area contributed by atoms with Crippen LogP contribution in [0.5, 0.6) is 0 Å². The number of nitrogens with zero attached hydrogens (tertiary/aromatic N) is 3. The first-order valence-electron chi connectivity index (χ1n) is 5.33. The fourth-order valence-electron chi connectivity index (χ4n) is 1.43. The van der Waals surface area contributed by atoms with Crippen molar-refractivity contribution >= 4 is 5.78 Å². The molecular formula is C11H18N4O. The van der Waals surface area contributed by atoms with E-state index < -0.39 is 6.04 Å². The maximum absolute atomic E-state index is 11.7. The van der Waals surface area contributed by atoms with Crippen LogP contribution in [0.15, 0.2) is 19.0 Å². The molecule has 1 atom stereocenters. The lowest BCUT2D eigenvalue weighted by molar-refractivity contribution is -0.119. The molecule has 0 radical (unpaired) electrons. The van der Waals surface area contributed by atoms with Crippen LogP contribution in [0, 0.1) is 0 Å². The molecule has 1 aromatic heterocycles. The number of carbonyl (C=O) groups is 1. The number of aromatic nitrogens is 3. The average Bonchev–Trinajstić information content (AvgIpc) is 2.66. The van der Waals surface area contributed by atoms with Crippen LogP contribution in [0.1, 0.15) is 32.1 Å². The summed E-state index contributed by atoms with van der Waals surface area (Å²) in [5, 5.41) is 4.07. The van der Waals surface area contributed by atoms with Gasteiger partial charge in [0.15, 0.2) is 5.78 Å². The predicted molar refractivity (Wildman–Crippen MR) is 61.9 cm³/mol. The first kappa shape index (κ1) is 12.6. The molecule has 0 aromatic carbocycles. The summed E-state index contributed by atoms with van der Waals surface area (Å²) in [6.45, 7) is 7.55. The summed E-state index contributed by atoms with van der Waals surface area (Å²) < 4.78 is 1.73. The van der Waals surface area contributed by atoms with E-state index in [1.165, 1.54) is 6.33 Å². The van der Waals surface area contributed by atoms with Crippen molar-refractivity contribution in [2.24, 2.45) is 5.73 Å². The molecule has 0 saturated carbocycles. The van der Waals surface area contributed by atoms with Crippen molar-refractivity contribution in [2.45, 2.75) is 38.8 Å². The topological polar surface area (TPSA) is 73.8 Å². The van der Waals surface area contributed by atoms with Crippen LogP contribution in [0.2, 0.25) is 0 Å². The number of nitrogens with two attached hydrogens (primary N) is 1. The molecule has 88 valence electrons. The van der Waals surface area contributed by atoms with Crippen LogP contribution in [0.4, 0.5) is 0 Å². The van der Waals surface area contributed by atoms with E-state index in [2.05, 4.69) is 16.7 Å². The second-order valence-corrected chi connectivity index (χ2v) is 3.99. The van der Waals surface area contributed by atoms with Gasteiger partial charge in [0.1, 0.15) is 12.2 Å². The van der Waals surface area contributed by atoms with Crippen molar-refractivity contribution in [1.29, 1.82) is 0 Å². The molecule has 1 unspecified atom stereocenters. The normalized spacial score (nSPS) is 12.8. The quantitative estimate of drug-likeness (QED) is 0.725. The Morgan fingerprint density at radius 3 is 2.94 bits per heavy atom. The highest BCUT2D eigenvalue weighted by Crippen LogP contribution is 2.07. The van der Waals surface area contributed by atoms with Gasteiger partial charge in [-0.05, 0) is 20.3 Å². The summed E-state index contributed by atoms with van der Waals surface area (Å²) in [5.74, 6) is 0.634. The first-order valence-corrected chi connectivity index (χ1v) is 5.33. The molecule has 0 aliphatic heterocycles. The van der Waals surface area contributed by atoms with Crippen LogP contribution < -0.4 is 5.73 Å². The molecular weight excluding hydrogens is 204 g/mol. The second kappa shape index (κ2) is 5.55. The smallest absolute Gasteiger partial charge is 0.157 e. The highest BCUT2D eigenvalue weighted by molar-refractivity contribution is 5.85. The highest BCUT2D eigenvalue weighted by Gasteiger charge is 2.16. The maximum Gasteiger partial charge on any atom is 0.157 e. The number of hydrogen-bond donors (Lipinski definition) is 1. The fraction of sp³-hybridized carbons (Fsp3) is 0.545. The van der Waals surface area contributed by atoms with Crippen molar-refractivity contribution in [3.8, 4) is 0 Å². The molecule has 5 nitrogen and oxygen atoms in total. The molecule has 0 fully saturated rings. The summed E-state index contributed by atoms with van der Waals surface area (Å²) in [4.78, 5) is 15.8. The molecule has 5 heteroatoms. The van der Waals surface area contributed by atoms with Gasteiger partial charge in [0, 0.05) is 6.04 Å². The van der Waals surface area contributed by atoms with Gasteiger partial charge in [-0.25, -0.2) is 9.67 Å². The van der Waals surface area contributed by atoms with Crippen molar-refractivity contribution in [3.63, 3.8) is 0 Å². The van der Waals surface area contributed by atoms with Crippen LogP contribution in [0.25, 0.3) is 0 Å². The van der Waals surface area contributed by atoms with E-state index in [4.69, 9.17) is 5.73 Å². The maximum atomic E-state index is 11.7. The highest BCUT2D eigenvalue weighted by atomic mass is 16.1. The average molecular weight is 222 g/mol. The van der Waals surface area contributed by atoms with Crippen molar-refractivity contribution < 1.29 is 4.79 Å². The largest absolute Gasteiger partial charge is 0.321 e. The molecule has 16 heavy (non-hydrogen) atoms. The monoisotopic (exact) mass is 222 g/mol. The minimum Gasteiger partial charge on any atom is -0.321 e. The molecule has 1 aromatic rings. The molecule has 0 bridgehead atoms. The second-order valence-electron chi connectivity index (χ2n) is 3.99. The van der Waals surface area contributed by atoms with Crippen LogP contribution in [-0.2, 0) is 11.2 Å². The van der Waals surface area contributed by atoms with Gasteiger partial charge in [-0.15, -0.1) is 6.58 Å². The SMILES string of the molecule is C=CCC(N)C(=O)Cc1ncnn1C(C)C. The molecule has 0 aliphatic carbocycles. The van der Waals surface area contributed by atoms with E-state index in [0.29, 0.717) is 12.2 Å². The van der Waals surface area contributed by atoms with E-state index in [-0.39, 0.29) is 18.2 Å². The summed E-state index contributed by atoms with van der Waals surface area (Å²) in [6, 6.07) is -0.296. The number of rotatable bonds is 6. The molecule has 2 N–H and O–H groups in total. The van der Waals surface area contributed by atoms with Gasteiger partial charge in [-0.1, -0.05) is 6.08 Å². The molecule has 0 aliphatic rings. The standard InChI is InChI=1S/C11H18N4O/c1-4-5-9(12)10(16)6-11-13-7-14-15(11)8(2)3/h4,7-9H,1,5-6,12H2,2-3H3. The van der Waals surface area contributed by atoms with Crippen molar-refractivity contribution in [3.05, 3.63) is 24.8 Å². The lowest BCUT2D eigenvalue weighted by Gasteiger charge is -2.11. The number of Topliss-reactive ketones (excluding diaryl/α,β-unsaturated/α-hetero) is 1. The van der Waals surface area contributed by atoms with Crippen molar-refractivity contribution in [2.75, 3.05) is 0 Å². The van der Waals surface area contributed by atoms with E-state index in [1.807, 2.05) is 13.8 Å². The van der Waals surface area contributed by atoms with Crippen molar-refractivity contribution in [1.82, 2.24) is 14.8 Å². The summed E-state index contributed by atoms with van der Waals surface area (Å²) in [7, 11) is 0. The molecule has 0 amide bonds. The Morgan fingerprint density at radius 2 is 2.38 bits per heavy atom. The van der Waals surface area contributed by atoms with Gasteiger partial charge in [0.05, 0.1) is 12.5 Å². The van der Waals surface area contributed by atoms with Crippen LogP contribution in [-0.4, -0.2) is 26.6 Å². The zero-order valence-electron chi connectivity index (χ0n) is 9.76. The Morgan fingerprint density at radius 1 is 1.69 bits per heavy atom. The number of hydrogen-bond acceptors (Lipinski definition) is 4. The third-order valence-corrected chi connectivity index (χ3v) is 2.30. The minimum absolute atomic E-state index is 0.0326. The third-order valence-electron chi connectivity index (χ3n) is 2.30. The summed E-state index contributed by atoms with van der Waals surface area (Å²) >= 11 is 0. The Balaban J connectivity index is 2.69. The summed E-state index contributed by atoms with van der Waals surface area (Å²) in [6.07, 6.45) is 3.83. The number of carbonyl (C=O) groups excluding carboxylic acids is 1. The van der Waals surface area contributed by atoms with Gasteiger partial charge >= 0.3 is 0 Å². The van der Waals surface area contributed by atoms with E-state index in [0.717, 1.165) is 0 Å². The molecule has 1 heterocycles.